The number of carbonyl (C=O) groups excluding carboxylic acids is 2. The van der Waals surface area contributed by atoms with Gasteiger partial charge >= 0.3 is 0 Å². The maximum Gasteiger partial charge on any atom is 0.237 e. The summed E-state index contributed by atoms with van der Waals surface area (Å²) in [4.78, 5) is 25.6. The Morgan fingerprint density at radius 2 is 2.11 bits per heavy atom. The minimum atomic E-state index is -0.677. The Hall–Kier alpha value is -1.86. The van der Waals surface area contributed by atoms with Crippen LogP contribution in [0.5, 0.6) is 0 Å². The quantitative estimate of drug-likeness (QED) is 0.797. The number of piperidine rings is 1. The number of rotatable bonds is 3. The van der Waals surface area contributed by atoms with Crippen LogP contribution in [0.15, 0.2) is 24.3 Å². The lowest BCUT2D eigenvalue weighted by atomic mass is 9.91. The first kappa shape index (κ1) is 13.6. The molecule has 1 fully saturated rings. The fraction of sp³-hybridized carbons (Fsp3) is 0.357. The number of halogens is 1. The van der Waals surface area contributed by atoms with E-state index in [0.29, 0.717) is 18.0 Å². The summed E-state index contributed by atoms with van der Waals surface area (Å²) in [7, 11) is 0. The molecule has 1 aliphatic heterocycles. The second-order valence-electron chi connectivity index (χ2n) is 4.46. The largest absolute Gasteiger partial charge is 0.312 e. The average Bonchev–Trinajstić information content (AvgIpc) is 2.40. The molecule has 1 saturated heterocycles. The lowest BCUT2D eigenvalue weighted by Gasteiger charge is -2.31. The first-order chi connectivity index (χ1) is 9.13. The van der Waals surface area contributed by atoms with Gasteiger partial charge in [0.05, 0.1) is 18.4 Å². The van der Waals surface area contributed by atoms with Crippen molar-refractivity contribution in [3.63, 3.8) is 0 Å². The van der Waals surface area contributed by atoms with Gasteiger partial charge in [0.15, 0.2) is 5.78 Å². The molecule has 4 nitrogen and oxygen atoms in total. The van der Waals surface area contributed by atoms with E-state index in [2.05, 4.69) is 0 Å². The van der Waals surface area contributed by atoms with E-state index >= 15 is 0 Å². The summed E-state index contributed by atoms with van der Waals surface area (Å²) in [5, 5.41) is 9.16. The Kier molecular flexibility index (Phi) is 4.18. The predicted octanol–water partition coefficient (Wildman–Crippen LogP) is 2.57. The van der Waals surface area contributed by atoms with Crippen LogP contribution in [0.3, 0.4) is 0 Å². The van der Waals surface area contributed by atoms with Crippen LogP contribution in [0.2, 0.25) is 5.02 Å². The Morgan fingerprint density at radius 1 is 1.42 bits per heavy atom. The third-order valence-corrected chi connectivity index (χ3v) is 3.47. The number of benzene rings is 1. The zero-order chi connectivity index (χ0) is 13.8. The van der Waals surface area contributed by atoms with Crippen molar-refractivity contribution in [3.8, 4) is 6.07 Å². The molecule has 1 heterocycles. The van der Waals surface area contributed by atoms with Gasteiger partial charge in [-0.1, -0.05) is 11.6 Å². The minimum absolute atomic E-state index is 0.204. The lowest BCUT2D eigenvalue weighted by Crippen LogP contribution is -2.44. The number of hydrogen-bond acceptors (Lipinski definition) is 3. The zero-order valence-corrected chi connectivity index (χ0v) is 11.1. The van der Waals surface area contributed by atoms with E-state index in [1.54, 1.807) is 29.2 Å². The summed E-state index contributed by atoms with van der Waals surface area (Å²) >= 11 is 5.81. The van der Waals surface area contributed by atoms with Crippen LogP contribution < -0.4 is 4.90 Å². The first-order valence-electron chi connectivity index (χ1n) is 6.10. The molecule has 0 N–H and O–H groups in total. The highest BCUT2D eigenvalue weighted by Crippen LogP contribution is 2.26. The summed E-state index contributed by atoms with van der Waals surface area (Å²) in [5.74, 6) is -1.18. The first-order valence-corrected chi connectivity index (χ1v) is 6.48. The third kappa shape index (κ3) is 2.94. The standard InChI is InChI=1S/C14H13ClN2O2/c15-10-3-5-11(6-4-10)17-9-1-2-12(14(17)19)13(18)7-8-16/h3-6,12H,1-2,7,9H2/t12-/m1/s1. The Labute approximate surface area is 116 Å². The maximum absolute atomic E-state index is 12.3. The molecule has 0 unspecified atom stereocenters. The molecule has 1 aromatic carbocycles. The van der Waals surface area contributed by atoms with E-state index in [9.17, 15) is 9.59 Å². The zero-order valence-electron chi connectivity index (χ0n) is 10.3. The van der Waals surface area contributed by atoms with Crippen molar-refractivity contribution < 1.29 is 9.59 Å². The monoisotopic (exact) mass is 276 g/mol. The Bertz CT molecular complexity index is 533. The number of Topliss-reactive ketones (excluding diaryl/α,β-unsaturated/α-hetero) is 1. The van der Waals surface area contributed by atoms with Gasteiger partial charge in [-0.25, -0.2) is 0 Å². The molecular formula is C14H13ClN2O2. The Balaban J connectivity index is 2.19. The molecule has 5 heteroatoms. The van der Waals surface area contributed by atoms with Gasteiger partial charge in [0.2, 0.25) is 5.91 Å². The number of nitrogens with zero attached hydrogens (tertiary/aromatic N) is 2. The lowest BCUT2D eigenvalue weighted by molar-refractivity contribution is -0.133. The smallest absolute Gasteiger partial charge is 0.237 e. The van der Waals surface area contributed by atoms with E-state index < -0.39 is 5.92 Å². The maximum atomic E-state index is 12.3. The third-order valence-electron chi connectivity index (χ3n) is 3.22. The van der Waals surface area contributed by atoms with E-state index in [1.165, 1.54) is 0 Å². The van der Waals surface area contributed by atoms with E-state index in [1.807, 2.05) is 6.07 Å². The van der Waals surface area contributed by atoms with Gasteiger partial charge in [0.1, 0.15) is 0 Å². The normalized spacial score (nSPS) is 19.1. The molecule has 98 valence electrons. The fourth-order valence-corrected chi connectivity index (χ4v) is 2.38. The number of nitriles is 1. The van der Waals surface area contributed by atoms with Crippen LogP contribution in [0, 0.1) is 17.2 Å². The highest BCUT2D eigenvalue weighted by atomic mass is 35.5. The molecule has 19 heavy (non-hydrogen) atoms. The number of ketones is 1. The van der Waals surface area contributed by atoms with Crippen molar-refractivity contribution in [1.82, 2.24) is 0 Å². The van der Waals surface area contributed by atoms with Crippen molar-refractivity contribution in [1.29, 1.82) is 5.26 Å². The summed E-state index contributed by atoms with van der Waals surface area (Å²) < 4.78 is 0. The SMILES string of the molecule is N#CCC(=O)[C@H]1CCCN(c2ccc(Cl)cc2)C1=O. The van der Waals surface area contributed by atoms with Gasteiger partial charge in [0.25, 0.3) is 0 Å². The minimum Gasteiger partial charge on any atom is -0.312 e. The van der Waals surface area contributed by atoms with E-state index in [4.69, 9.17) is 16.9 Å². The molecule has 1 atom stereocenters. The van der Waals surface area contributed by atoms with Gasteiger partial charge in [0, 0.05) is 17.3 Å². The van der Waals surface area contributed by atoms with Crippen LogP contribution in [-0.2, 0) is 9.59 Å². The fourth-order valence-electron chi connectivity index (χ4n) is 2.25. The molecule has 0 bridgehead atoms. The molecule has 0 aliphatic carbocycles. The summed E-state index contributed by atoms with van der Waals surface area (Å²) in [6.45, 7) is 0.594. The number of carbonyl (C=O) groups is 2. The molecule has 1 aromatic rings. The van der Waals surface area contributed by atoms with Crippen molar-refractivity contribution in [2.75, 3.05) is 11.4 Å². The highest BCUT2D eigenvalue weighted by Gasteiger charge is 2.34. The Morgan fingerprint density at radius 3 is 2.74 bits per heavy atom. The number of amides is 1. The summed E-state index contributed by atoms with van der Waals surface area (Å²) in [5.41, 5.74) is 0.740. The van der Waals surface area contributed by atoms with Crippen LogP contribution >= 0.6 is 11.6 Å². The average molecular weight is 277 g/mol. The van der Waals surface area contributed by atoms with Crippen LogP contribution in [0.1, 0.15) is 19.3 Å². The summed E-state index contributed by atoms with van der Waals surface area (Å²) in [6, 6.07) is 8.76. The van der Waals surface area contributed by atoms with Gasteiger partial charge in [-0.3, -0.25) is 9.59 Å². The van der Waals surface area contributed by atoms with Crippen molar-refractivity contribution in [2.24, 2.45) is 5.92 Å². The highest BCUT2D eigenvalue weighted by molar-refractivity contribution is 6.30. The second kappa shape index (κ2) is 5.85. The number of hydrogen-bond donors (Lipinski definition) is 0. The molecule has 2 rings (SSSR count). The molecule has 1 aliphatic rings. The molecule has 0 aromatic heterocycles. The van der Waals surface area contributed by atoms with Gasteiger partial charge in [-0.05, 0) is 37.1 Å². The number of anilines is 1. The van der Waals surface area contributed by atoms with Crippen LogP contribution in [0.4, 0.5) is 5.69 Å². The second-order valence-corrected chi connectivity index (χ2v) is 4.90. The van der Waals surface area contributed by atoms with Crippen LogP contribution in [-0.4, -0.2) is 18.2 Å². The van der Waals surface area contributed by atoms with E-state index in [-0.39, 0.29) is 18.1 Å². The molecule has 0 saturated carbocycles. The summed E-state index contributed by atoms with van der Waals surface area (Å²) in [6.07, 6.45) is 1.09. The topological polar surface area (TPSA) is 61.2 Å². The van der Waals surface area contributed by atoms with E-state index in [0.717, 1.165) is 12.1 Å². The van der Waals surface area contributed by atoms with Gasteiger partial charge in [-0.15, -0.1) is 0 Å². The molecule has 1 amide bonds. The predicted molar refractivity (Wildman–Crippen MR) is 71.8 cm³/mol. The van der Waals surface area contributed by atoms with Gasteiger partial charge in [-0.2, -0.15) is 5.26 Å². The van der Waals surface area contributed by atoms with Crippen LogP contribution in [0.25, 0.3) is 0 Å². The molecule has 0 spiro atoms. The van der Waals surface area contributed by atoms with Gasteiger partial charge < -0.3 is 4.90 Å². The molecular weight excluding hydrogens is 264 g/mol. The van der Waals surface area contributed by atoms with Crippen molar-refractivity contribution in [3.05, 3.63) is 29.3 Å². The van der Waals surface area contributed by atoms with Crippen molar-refractivity contribution in [2.45, 2.75) is 19.3 Å². The van der Waals surface area contributed by atoms with Crippen molar-refractivity contribution >= 4 is 29.0 Å². The molecule has 0 radical (unpaired) electrons.